The number of aliphatic hydroxyl groups excluding tert-OH is 2. The molecule has 4 nitrogen and oxygen atoms in total. The summed E-state index contributed by atoms with van der Waals surface area (Å²) < 4.78 is 0. The van der Waals surface area contributed by atoms with Gasteiger partial charge in [0.05, 0.1) is 11.5 Å². The van der Waals surface area contributed by atoms with Crippen LogP contribution in [0.4, 0.5) is 0 Å². The number of hydrogen-bond acceptors (Lipinski definition) is 3. The monoisotopic (exact) mass is 474 g/mol. The van der Waals surface area contributed by atoms with Crippen LogP contribution in [-0.2, 0) is 4.79 Å². The van der Waals surface area contributed by atoms with Gasteiger partial charge < -0.3 is 15.3 Å². The van der Waals surface area contributed by atoms with E-state index in [1.54, 1.807) is 0 Å². The van der Waals surface area contributed by atoms with E-state index in [0.29, 0.717) is 23.7 Å². The minimum atomic E-state index is -0.661. The Morgan fingerprint density at radius 2 is 1.59 bits per heavy atom. The summed E-state index contributed by atoms with van der Waals surface area (Å²) in [7, 11) is 0. The zero-order valence-corrected chi connectivity index (χ0v) is 22.6. The van der Waals surface area contributed by atoms with Crippen molar-refractivity contribution in [2.24, 2.45) is 62.6 Å². The molecule has 0 heterocycles. The average molecular weight is 475 g/mol. The van der Waals surface area contributed by atoms with E-state index in [-0.39, 0.29) is 46.2 Å². The molecular weight excluding hydrogens is 424 g/mol. The highest BCUT2D eigenvalue weighted by Crippen LogP contribution is 2.77. The largest absolute Gasteiger partial charge is 0.481 e. The Hall–Kier alpha value is -0.610. The van der Waals surface area contributed by atoms with Crippen LogP contribution in [-0.4, -0.2) is 34.0 Å². The van der Waals surface area contributed by atoms with E-state index in [2.05, 4.69) is 41.5 Å². The molecule has 0 amide bonds. The van der Waals surface area contributed by atoms with Crippen molar-refractivity contribution in [1.29, 1.82) is 0 Å². The van der Waals surface area contributed by atoms with Crippen molar-refractivity contribution in [1.82, 2.24) is 0 Å². The van der Waals surface area contributed by atoms with Crippen LogP contribution in [0.2, 0.25) is 0 Å². The standard InChI is InChI=1S/C30H50O4/c1-18(17-31)19-9-12-27(4)15-16-30(25(33)34)20(24(19)27)7-8-22-28(5)13-11-23(32)26(2,3)21(28)10-14-29(22,30)6/h18-24,31-32H,7-17H2,1-6H3,(H,33,34)/t18-,19+,20-,21+,22-,23-,24-,27-,28+,29-,30-/m1/s1. The molecule has 5 rings (SSSR count). The minimum absolute atomic E-state index is 0.0946. The predicted octanol–water partition coefficient (Wildman–Crippen LogP) is 6.14. The smallest absolute Gasteiger partial charge is 0.310 e. The van der Waals surface area contributed by atoms with E-state index in [9.17, 15) is 20.1 Å². The highest BCUT2D eigenvalue weighted by Gasteiger charge is 2.74. The van der Waals surface area contributed by atoms with E-state index in [0.717, 1.165) is 57.8 Å². The van der Waals surface area contributed by atoms with E-state index < -0.39 is 11.4 Å². The van der Waals surface area contributed by atoms with E-state index >= 15 is 0 Å². The fourth-order valence-electron chi connectivity index (χ4n) is 11.9. The van der Waals surface area contributed by atoms with Gasteiger partial charge in [-0.1, -0.05) is 41.5 Å². The zero-order valence-electron chi connectivity index (χ0n) is 22.6. The maximum atomic E-state index is 13.6. The molecule has 5 aliphatic carbocycles. The summed E-state index contributed by atoms with van der Waals surface area (Å²) in [5.74, 6) is 1.63. The molecule has 0 aromatic rings. The van der Waals surface area contributed by atoms with Gasteiger partial charge in [0.25, 0.3) is 0 Å². The molecule has 11 atom stereocenters. The molecule has 0 aliphatic heterocycles. The van der Waals surface area contributed by atoms with Gasteiger partial charge in [-0.15, -0.1) is 0 Å². The molecule has 4 heteroatoms. The third-order valence-electron chi connectivity index (χ3n) is 13.7. The van der Waals surface area contributed by atoms with Gasteiger partial charge in [-0.3, -0.25) is 4.79 Å². The topological polar surface area (TPSA) is 77.8 Å². The zero-order chi connectivity index (χ0) is 24.9. The van der Waals surface area contributed by atoms with Crippen molar-refractivity contribution < 1.29 is 20.1 Å². The second-order valence-electron chi connectivity index (χ2n) is 14.9. The normalized spacial score (nSPS) is 54.8. The average Bonchev–Trinajstić information content (AvgIpc) is 3.13. The molecule has 0 aromatic carbocycles. The molecule has 0 radical (unpaired) electrons. The predicted molar refractivity (Wildman–Crippen MR) is 134 cm³/mol. The Balaban J connectivity index is 1.60. The van der Waals surface area contributed by atoms with Gasteiger partial charge in [-0.05, 0) is 121 Å². The van der Waals surface area contributed by atoms with Gasteiger partial charge >= 0.3 is 5.97 Å². The summed E-state index contributed by atoms with van der Waals surface area (Å²) >= 11 is 0. The second-order valence-corrected chi connectivity index (χ2v) is 14.9. The van der Waals surface area contributed by atoms with Crippen molar-refractivity contribution >= 4 is 5.97 Å². The molecular formula is C30H50O4. The lowest BCUT2D eigenvalue weighted by molar-refractivity contribution is -0.254. The molecule has 0 aromatic heterocycles. The third-order valence-corrected chi connectivity index (χ3v) is 13.7. The first kappa shape index (κ1) is 25.1. The Bertz CT molecular complexity index is 838. The quantitative estimate of drug-likeness (QED) is 0.459. The van der Waals surface area contributed by atoms with Crippen LogP contribution in [0.25, 0.3) is 0 Å². The SMILES string of the molecule is C[C@H](CO)[C@@H]1CC[C@]2(C)CC[C@]3(C(=O)O)[C@H](CC[C@@H]4[C@@]5(C)CC[C@@H](O)C(C)(C)[C@@H]5CC[C@]43C)[C@@H]12. The lowest BCUT2D eigenvalue weighted by atomic mass is 9.32. The number of aliphatic carboxylic acids is 1. The number of carbonyl (C=O) groups is 1. The fourth-order valence-corrected chi connectivity index (χ4v) is 11.9. The van der Waals surface area contributed by atoms with Crippen LogP contribution in [0.1, 0.15) is 106 Å². The van der Waals surface area contributed by atoms with Gasteiger partial charge in [0.2, 0.25) is 0 Å². The number of rotatable bonds is 3. The molecule has 34 heavy (non-hydrogen) atoms. The van der Waals surface area contributed by atoms with Crippen molar-refractivity contribution in [2.45, 2.75) is 112 Å². The molecule has 0 saturated heterocycles. The van der Waals surface area contributed by atoms with Gasteiger partial charge in [-0.25, -0.2) is 0 Å². The number of fused-ring (bicyclic) bond motifs is 7. The fraction of sp³-hybridized carbons (Fsp3) is 0.967. The Labute approximate surface area is 207 Å². The van der Waals surface area contributed by atoms with E-state index in [1.165, 1.54) is 6.42 Å². The molecule has 194 valence electrons. The Morgan fingerprint density at radius 1 is 0.882 bits per heavy atom. The van der Waals surface area contributed by atoms with Gasteiger partial charge in [-0.2, -0.15) is 0 Å². The highest BCUT2D eigenvalue weighted by atomic mass is 16.4. The lowest BCUT2D eigenvalue weighted by Crippen LogP contribution is -2.69. The van der Waals surface area contributed by atoms with Gasteiger partial charge in [0.1, 0.15) is 0 Å². The Kier molecular flexibility index (Phi) is 5.67. The Morgan fingerprint density at radius 3 is 2.24 bits per heavy atom. The third kappa shape index (κ3) is 2.88. The molecule has 0 unspecified atom stereocenters. The van der Waals surface area contributed by atoms with Crippen molar-refractivity contribution in [3.8, 4) is 0 Å². The number of aliphatic hydroxyl groups is 2. The number of carboxylic acids is 1. The summed E-state index contributed by atoms with van der Waals surface area (Å²) in [6, 6.07) is 0. The van der Waals surface area contributed by atoms with Crippen LogP contribution in [0.15, 0.2) is 0 Å². The molecule has 5 aliphatic rings. The summed E-state index contributed by atoms with van der Waals surface area (Å²) in [5, 5.41) is 32.1. The van der Waals surface area contributed by atoms with Crippen LogP contribution < -0.4 is 0 Å². The first-order valence-electron chi connectivity index (χ1n) is 14.3. The van der Waals surface area contributed by atoms with E-state index in [1.807, 2.05) is 0 Å². The van der Waals surface area contributed by atoms with Gasteiger partial charge in [0, 0.05) is 6.61 Å². The van der Waals surface area contributed by atoms with Crippen molar-refractivity contribution in [3.05, 3.63) is 0 Å². The van der Waals surface area contributed by atoms with Crippen LogP contribution >= 0.6 is 0 Å². The summed E-state index contributed by atoms with van der Waals surface area (Å²) in [6.45, 7) is 14.2. The second kappa shape index (κ2) is 7.70. The molecule has 0 bridgehead atoms. The van der Waals surface area contributed by atoms with Crippen LogP contribution in [0, 0.1) is 62.6 Å². The first-order chi connectivity index (χ1) is 15.8. The highest BCUT2D eigenvalue weighted by molar-refractivity contribution is 5.77. The minimum Gasteiger partial charge on any atom is -0.481 e. The van der Waals surface area contributed by atoms with E-state index in [4.69, 9.17) is 0 Å². The maximum absolute atomic E-state index is 13.6. The summed E-state index contributed by atoms with van der Waals surface area (Å²) in [5.41, 5.74) is -0.662. The van der Waals surface area contributed by atoms with Crippen LogP contribution in [0.5, 0.6) is 0 Å². The summed E-state index contributed by atoms with van der Waals surface area (Å²) in [4.78, 5) is 13.6. The summed E-state index contributed by atoms with van der Waals surface area (Å²) in [6.07, 6.45) is 9.92. The van der Waals surface area contributed by atoms with Gasteiger partial charge in [0.15, 0.2) is 0 Å². The number of hydrogen-bond donors (Lipinski definition) is 3. The molecule has 3 N–H and O–H groups in total. The maximum Gasteiger partial charge on any atom is 0.310 e. The number of carboxylic acid groups (broad SMARTS) is 1. The molecule has 0 spiro atoms. The first-order valence-corrected chi connectivity index (χ1v) is 14.3. The lowest BCUT2D eigenvalue weighted by Gasteiger charge is -2.72. The van der Waals surface area contributed by atoms with Crippen LogP contribution in [0.3, 0.4) is 0 Å². The molecule has 5 saturated carbocycles. The van der Waals surface area contributed by atoms with Crippen molar-refractivity contribution in [2.75, 3.05) is 6.61 Å². The molecule has 5 fully saturated rings. The van der Waals surface area contributed by atoms with Crippen molar-refractivity contribution in [3.63, 3.8) is 0 Å².